The Balaban J connectivity index is 1.83. The van der Waals surface area contributed by atoms with Crippen LogP contribution in [-0.4, -0.2) is 15.4 Å². The predicted octanol–water partition coefficient (Wildman–Crippen LogP) is 4.91. The number of hydrogen-bond acceptors (Lipinski definition) is 3. The molecule has 132 valence electrons. The van der Waals surface area contributed by atoms with Gasteiger partial charge in [-0.2, -0.15) is 0 Å². The maximum Gasteiger partial charge on any atom is 0.270 e. The third-order valence-corrected chi connectivity index (χ3v) is 4.39. The van der Waals surface area contributed by atoms with Gasteiger partial charge in [-0.05, 0) is 56.3 Å². The van der Waals surface area contributed by atoms with Gasteiger partial charge in [-0.25, -0.2) is 0 Å². The number of carbonyl (C=O) groups excluding carboxylic acids is 1. The number of non-ortho nitro benzene ring substituents is 1. The Morgan fingerprint density at radius 2 is 1.65 bits per heavy atom. The van der Waals surface area contributed by atoms with Crippen molar-refractivity contribution >= 4 is 28.9 Å². The van der Waals surface area contributed by atoms with Crippen LogP contribution in [0.2, 0.25) is 5.02 Å². The molecule has 0 saturated carbocycles. The Morgan fingerprint density at radius 3 is 2.23 bits per heavy atom. The molecule has 3 aromatic rings. The fourth-order valence-electron chi connectivity index (χ4n) is 2.77. The van der Waals surface area contributed by atoms with Gasteiger partial charge < -0.3 is 9.88 Å². The van der Waals surface area contributed by atoms with Gasteiger partial charge in [-0.15, -0.1) is 0 Å². The third-order valence-electron chi connectivity index (χ3n) is 4.06. The average Bonchev–Trinajstić information content (AvgIpc) is 2.94. The second-order valence-corrected chi connectivity index (χ2v) is 6.28. The average molecular weight is 370 g/mol. The lowest BCUT2D eigenvalue weighted by molar-refractivity contribution is -0.384. The fraction of sp³-hybridized carbons (Fsp3) is 0.105. The number of amides is 1. The number of anilines is 1. The number of nitro benzene ring substituents is 1. The largest absolute Gasteiger partial charge is 0.322 e. The van der Waals surface area contributed by atoms with Crippen molar-refractivity contribution in [2.24, 2.45) is 0 Å². The highest BCUT2D eigenvalue weighted by Gasteiger charge is 2.16. The Kier molecular flexibility index (Phi) is 4.77. The SMILES string of the molecule is Cc1ccc(C)n1-c1ccc(NC(=O)c2cc([N+](=O)[O-])ccc2Cl)cc1. The van der Waals surface area contributed by atoms with Gasteiger partial charge in [0.15, 0.2) is 0 Å². The Hall–Kier alpha value is -3.12. The minimum absolute atomic E-state index is 0.0574. The lowest BCUT2D eigenvalue weighted by atomic mass is 10.1. The first-order valence-corrected chi connectivity index (χ1v) is 8.25. The van der Waals surface area contributed by atoms with E-state index in [-0.39, 0.29) is 16.3 Å². The topological polar surface area (TPSA) is 77.2 Å². The summed E-state index contributed by atoms with van der Waals surface area (Å²) in [6, 6.07) is 15.2. The summed E-state index contributed by atoms with van der Waals surface area (Å²) in [6.45, 7) is 4.04. The fourth-order valence-corrected chi connectivity index (χ4v) is 2.97. The molecule has 6 nitrogen and oxygen atoms in total. The Bertz CT molecular complexity index is 974. The molecule has 0 atom stereocenters. The molecule has 0 saturated heterocycles. The molecule has 3 rings (SSSR count). The zero-order valence-electron chi connectivity index (χ0n) is 14.2. The van der Waals surface area contributed by atoms with Crippen molar-refractivity contribution in [3.8, 4) is 5.69 Å². The van der Waals surface area contributed by atoms with Gasteiger partial charge in [-0.1, -0.05) is 11.6 Å². The lowest BCUT2D eigenvalue weighted by Gasteiger charge is -2.11. The molecule has 0 unspecified atom stereocenters. The molecule has 1 amide bonds. The van der Waals surface area contributed by atoms with E-state index in [0.29, 0.717) is 5.69 Å². The molecule has 1 aromatic heterocycles. The molecule has 0 fully saturated rings. The van der Waals surface area contributed by atoms with Crippen molar-refractivity contribution in [1.82, 2.24) is 4.57 Å². The molecular formula is C19H16ClN3O3. The summed E-state index contributed by atoms with van der Waals surface area (Å²) >= 11 is 6.00. The van der Waals surface area contributed by atoms with Crippen LogP contribution in [0.1, 0.15) is 21.7 Å². The molecule has 0 aliphatic rings. The van der Waals surface area contributed by atoms with E-state index in [4.69, 9.17) is 11.6 Å². The van der Waals surface area contributed by atoms with Crippen LogP contribution in [0, 0.1) is 24.0 Å². The van der Waals surface area contributed by atoms with Gasteiger partial charge in [0.25, 0.3) is 11.6 Å². The zero-order valence-corrected chi connectivity index (χ0v) is 14.9. The number of nitrogens with zero attached hydrogens (tertiary/aromatic N) is 2. The highest BCUT2D eigenvalue weighted by molar-refractivity contribution is 6.34. The van der Waals surface area contributed by atoms with Crippen molar-refractivity contribution < 1.29 is 9.72 Å². The summed E-state index contributed by atoms with van der Waals surface area (Å²) in [5, 5.41) is 13.7. The predicted molar refractivity (Wildman–Crippen MR) is 101 cm³/mol. The van der Waals surface area contributed by atoms with Gasteiger partial charge in [0, 0.05) is 34.9 Å². The molecular weight excluding hydrogens is 354 g/mol. The number of aryl methyl sites for hydroxylation is 2. The van der Waals surface area contributed by atoms with E-state index in [9.17, 15) is 14.9 Å². The van der Waals surface area contributed by atoms with Crippen molar-refractivity contribution in [1.29, 1.82) is 0 Å². The van der Waals surface area contributed by atoms with Crippen molar-refractivity contribution in [2.75, 3.05) is 5.32 Å². The molecule has 0 aliphatic carbocycles. The quantitative estimate of drug-likeness (QED) is 0.524. The molecule has 26 heavy (non-hydrogen) atoms. The number of aromatic nitrogens is 1. The first-order valence-electron chi connectivity index (χ1n) is 7.87. The second-order valence-electron chi connectivity index (χ2n) is 5.87. The molecule has 0 spiro atoms. The zero-order chi connectivity index (χ0) is 18.8. The number of carbonyl (C=O) groups is 1. The summed E-state index contributed by atoms with van der Waals surface area (Å²) in [5.41, 5.74) is 3.65. The number of nitro groups is 1. The summed E-state index contributed by atoms with van der Waals surface area (Å²) in [4.78, 5) is 22.7. The van der Waals surface area contributed by atoms with Crippen LogP contribution in [0.5, 0.6) is 0 Å². The summed E-state index contributed by atoms with van der Waals surface area (Å²) in [7, 11) is 0. The van der Waals surface area contributed by atoms with Crippen LogP contribution in [0.25, 0.3) is 5.69 Å². The first kappa shape index (κ1) is 17.7. The number of halogens is 1. The van der Waals surface area contributed by atoms with Crippen molar-refractivity contribution in [3.05, 3.63) is 86.7 Å². The molecule has 0 radical (unpaired) electrons. The normalized spacial score (nSPS) is 10.6. The molecule has 1 N–H and O–H groups in total. The minimum atomic E-state index is -0.566. The standard InChI is InChI=1S/C19H16ClN3O3/c1-12-3-4-13(2)22(12)15-7-5-14(6-8-15)21-19(24)17-11-16(23(25)26)9-10-18(17)20/h3-11H,1-2H3,(H,21,24). The molecule has 7 heteroatoms. The van der Waals surface area contributed by atoms with E-state index in [0.717, 1.165) is 17.1 Å². The van der Waals surface area contributed by atoms with E-state index in [1.165, 1.54) is 18.2 Å². The van der Waals surface area contributed by atoms with E-state index in [1.54, 1.807) is 12.1 Å². The highest BCUT2D eigenvalue weighted by Crippen LogP contribution is 2.24. The smallest absolute Gasteiger partial charge is 0.270 e. The van der Waals surface area contributed by atoms with Gasteiger partial charge in [0.05, 0.1) is 15.5 Å². The monoisotopic (exact) mass is 369 g/mol. The maximum absolute atomic E-state index is 12.4. The van der Waals surface area contributed by atoms with Crippen molar-refractivity contribution in [2.45, 2.75) is 13.8 Å². The molecule has 0 aliphatic heterocycles. The molecule has 0 bridgehead atoms. The van der Waals surface area contributed by atoms with Gasteiger partial charge in [-0.3, -0.25) is 14.9 Å². The van der Waals surface area contributed by atoms with Crippen LogP contribution in [0.15, 0.2) is 54.6 Å². The van der Waals surface area contributed by atoms with Gasteiger partial charge >= 0.3 is 0 Å². The summed E-state index contributed by atoms with van der Waals surface area (Å²) in [6.07, 6.45) is 0. The number of rotatable bonds is 4. The van der Waals surface area contributed by atoms with E-state index in [1.807, 2.05) is 38.1 Å². The molecule has 1 heterocycles. The van der Waals surface area contributed by atoms with Crippen LogP contribution in [0.3, 0.4) is 0 Å². The van der Waals surface area contributed by atoms with Crippen LogP contribution >= 0.6 is 11.6 Å². The van der Waals surface area contributed by atoms with Gasteiger partial charge in [0.1, 0.15) is 0 Å². The van der Waals surface area contributed by atoms with E-state index in [2.05, 4.69) is 9.88 Å². The van der Waals surface area contributed by atoms with Crippen LogP contribution < -0.4 is 5.32 Å². The van der Waals surface area contributed by atoms with Crippen LogP contribution in [0.4, 0.5) is 11.4 Å². The minimum Gasteiger partial charge on any atom is -0.322 e. The Morgan fingerprint density at radius 1 is 1.04 bits per heavy atom. The number of benzene rings is 2. The van der Waals surface area contributed by atoms with Crippen LogP contribution in [-0.2, 0) is 0 Å². The highest BCUT2D eigenvalue weighted by atomic mass is 35.5. The van der Waals surface area contributed by atoms with E-state index >= 15 is 0 Å². The number of nitrogens with one attached hydrogen (secondary N) is 1. The third kappa shape index (κ3) is 3.45. The first-order chi connectivity index (χ1) is 12.4. The van der Waals surface area contributed by atoms with Crippen molar-refractivity contribution in [3.63, 3.8) is 0 Å². The maximum atomic E-state index is 12.4. The Labute approximate surface area is 155 Å². The summed E-state index contributed by atoms with van der Waals surface area (Å²) in [5.74, 6) is -0.500. The molecule has 2 aromatic carbocycles. The number of hydrogen-bond donors (Lipinski definition) is 1. The second kappa shape index (κ2) is 7.01. The van der Waals surface area contributed by atoms with E-state index < -0.39 is 10.8 Å². The lowest BCUT2D eigenvalue weighted by Crippen LogP contribution is -2.13. The summed E-state index contributed by atoms with van der Waals surface area (Å²) < 4.78 is 2.10. The van der Waals surface area contributed by atoms with Gasteiger partial charge in [0.2, 0.25) is 0 Å².